The molecule has 1 aromatic carbocycles. The van der Waals surface area contributed by atoms with E-state index in [0.29, 0.717) is 23.9 Å². The number of hydrogen-bond donors (Lipinski definition) is 0. The molecule has 92 valence electrons. The Balaban J connectivity index is 1.81. The van der Waals surface area contributed by atoms with Crippen molar-refractivity contribution in [3.8, 4) is 0 Å². The number of thioether (sulfide) groups is 1. The fourth-order valence-electron chi connectivity index (χ4n) is 1.54. The number of halogens is 1. The van der Waals surface area contributed by atoms with Crippen molar-refractivity contribution in [1.82, 2.24) is 5.06 Å². The van der Waals surface area contributed by atoms with Crippen molar-refractivity contribution in [2.24, 2.45) is 0 Å². The molecule has 1 aliphatic heterocycles. The third kappa shape index (κ3) is 3.91. The van der Waals surface area contributed by atoms with Crippen LogP contribution in [0.3, 0.4) is 0 Å². The zero-order valence-corrected chi connectivity index (χ0v) is 11.0. The Morgan fingerprint density at radius 3 is 2.76 bits per heavy atom. The lowest BCUT2D eigenvalue weighted by Crippen LogP contribution is -2.36. The number of rotatable bonds is 3. The maximum atomic E-state index is 11.8. The van der Waals surface area contributed by atoms with Crippen LogP contribution in [-0.2, 0) is 9.63 Å². The highest BCUT2D eigenvalue weighted by atomic mass is 35.5. The van der Waals surface area contributed by atoms with Gasteiger partial charge in [0.15, 0.2) is 0 Å². The van der Waals surface area contributed by atoms with E-state index in [2.05, 4.69) is 0 Å². The summed E-state index contributed by atoms with van der Waals surface area (Å²) < 4.78 is 0. The van der Waals surface area contributed by atoms with Crippen LogP contribution in [-0.4, -0.2) is 29.9 Å². The van der Waals surface area contributed by atoms with E-state index in [1.165, 1.54) is 16.8 Å². The van der Waals surface area contributed by atoms with Crippen molar-refractivity contribution in [3.63, 3.8) is 0 Å². The van der Waals surface area contributed by atoms with E-state index in [9.17, 15) is 4.79 Å². The van der Waals surface area contributed by atoms with Gasteiger partial charge in [-0.1, -0.05) is 11.6 Å². The van der Waals surface area contributed by atoms with Crippen molar-refractivity contribution in [2.45, 2.75) is 17.7 Å². The highest BCUT2D eigenvalue weighted by Gasteiger charge is 2.17. The van der Waals surface area contributed by atoms with E-state index in [1.54, 1.807) is 0 Å². The van der Waals surface area contributed by atoms with Gasteiger partial charge in [-0.3, -0.25) is 9.63 Å². The van der Waals surface area contributed by atoms with E-state index >= 15 is 0 Å². The lowest BCUT2D eigenvalue weighted by Gasteiger charge is -2.25. The average Bonchev–Trinajstić information content (AvgIpc) is 2.39. The Morgan fingerprint density at radius 1 is 1.35 bits per heavy atom. The average molecular weight is 272 g/mol. The lowest BCUT2D eigenvalue weighted by atomic mass is 10.3. The first-order valence-electron chi connectivity index (χ1n) is 5.57. The van der Waals surface area contributed by atoms with Crippen LogP contribution in [0.2, 0.25) is 5.02 Å². The molecule has 1 aromatic rings. The summed E-state index contributed by atoms with van der Waals surface area (Å²) in [6.45, 7) is 1.36. The summed E-state index contributed by atoms with van der Waals surface area (Å²) in [6, 6.07) is 7.48. The fraction of sp³-hybridized carbons (Fsp3) is 0.417. The minimum atomic E-state index is 0.0321. The number of benzene rings is 1. The van der Waals surface area contributed by atoms with Gasteiger partial charge in [0, 0.05) is 16.5 Å². The molecule has 5 heteroatoms. The van der Waals surface area contributed by atoms with Crippen molar-refractivity contribution < 1.29 is 9.63 Å². The summed E-state index contributed by atoms with van der Waals surface area (Å²) in [5.41, 5.74) is 0. The lowest BCUT2D eigenvalue weighted by molar-refractivity contribution is -0.194. The second-order valence-corrected chi connectivity index (χ2v) is 5.26. The monoisotopic (exact) mass is 271 g/mol. The molecule has 1 saturated heterocycles. The largest absolute Gasteiger partial charge is 0.272 e. The Labute approximate surface area is 110 Å². The number of hydroxylamine groups is 2. The second kappa shape index (κ2) is 6.28. The van der Waals surface area contributed by atoms with Gasteiger partial charge in [-0.05, 0) is 37.1 Å². The molecule has 0 radical (unpaired) electrons. The standard InChI is InChI=1S/C12H14ClNO2S/c13-10-3-5-11(6-4-10)17-9-12(15)14-7-1-2-8-16-14/h3-6H,1-2,7-9H2. The van der Waals surface area contributed by atoms with Gasteiger partial charge >= 0.3 is 0 Å². The summed E-state index contributed by atoms with van der Waals surface area (Å²) in [5.74, 6) is 0.436. The van der Waals surface area contributed by atoms with E-state index < -0.39 is 0 Å². The fourth-order valence-corrected chi connectivity index (χ4v) is 2.43. The van der Waals surface area contributed by atoms with Crippen LogP contribution < -0.4 is 0 Å². The van der Waals surface area contributed by atoms with Crippen LogP contribution in [0.5, 0.6) is 0 Å². The molecule has 0 atom stereocenters. The second-order valence-electron chi connectivity index (χ2n) is 3.78. The zero-order valence-electron chi connectivity index (χ0n) is 9.39. The smallest absolute Gasteiger partial charge is 0.256 e. The van der Waals surface area contributed by atoms with E-state index in [0.717, 1.165) is 17.7 Å². The van der Waals surface area contributed by atoms with Gasteiger partial charge in [0.1, 0.15) is 0 Å². The Morgan fingerprint density at radius 2 is 2.12 bits per heavy atom. The van der Waals surface area contributed by atoms with Gasteiger partial charge in [-0.15, -0.1) is 11.8 Å². The Bertz CT molecular complexity index is 377. The van der Waals surface area contributed by atoms with Crippen LogP contribution in [0.1, 0.15) is 12.8 Å². The van der Waals surface area contributed by atoms with Gasteiger partial charge in [-0.2, -0.15) is 0 Å². The molecule has 0 bridgehead atoms. The Hall–Kier alpha value is -0.710. The zero-order chi connectivity index (χ0) is 12.1. The molecule has 1 aliphatic rings. The summed E-state index contributed by atoms with van der Waals surface area (Å²) in [5, 5.41) is 2.19. The number of carbonyl (C=O) groups is 1. The van der Waals surface area contributed by atoms with E-state index in [4.69, 9.17) is 16.4 Å². The summed E-state index contributed by atoms with van der Waals surface area (Å²) >= 11 is 7.29. The minimum Gasteiger partial charge on any atom is -0.272 e. The molecule has 0 N–H and O–H groups in total. The summed E-state index contributed by atoms with van der Waals surface area (Å²) in [6.07, 6.45) is 2.06. The van der Waals surface area contributed by atoms with Crippen molar-refractivity contribution in [2.75, 3.05) is 18.9 Å². The molecular weight excluding hydrogens is 258 g/mol. The first-order chi connectivity index (χ1) is 8.25. The molecule has 1 amide bonds. The third-order valence-corrected chi connectivity index (χ3v) is 3.71. The number of nitrogens with zero attached hydrogens (tertiary/aromatic N) is 1. The molecule has 2 rings (SSSR count). The van der Waals surface area contributed by atoms with Crippen molar-refractivity contribution >= 4 is 29.3 Å². The Kier molecular flexibility index (Phi) is 4.71. The highest BCUT2D eigenvalue weighted by Crippen LogP contribution is 2.21. The molecule has 3 nitrogen and oxygen atoms in total. The molecule has 0 saturated carbocycles. The topological polar surface area (TPSA) is 29.5 Å². The highest BCUT2D eigenvalue weighted by molar-refractivity contribution is 8.00. The van der Waals surface area contributed by atoms with Crippen LogP contribution in [0.25, 0.3) is 0 Å². The van der Waals surface area contributed by atoms with E-state index in [1.807, 2.05) is 24.3 Å². The van der Waals surface area contributed by atoms with Crippen molar-refractivity contribution in [1.29, 1.82) is 0 Å². The van der Waals surface area contributed by atoms with Gasteiger partial charge in [0.05, 0.1) is 12.4 Å². The van der Waals surface area contributed by atoms with Gasteiger partial charge in [0.25, 0.3) is 5.91 Å². The van der Waals surface area contributed by atoms with Crippen LogP contribution in [0.4, 0.5) is 0 Å². The molecule has 0 aliphatic carbocycles. The summed E-state index contributed by atoms with van der Waals surface area (Å²) in [4.78, 5) is 18.1. The van der Waals surface area contributed by atoms with Crippen molar-refractivity contribution in [3.05, 3.63) is 29.3 Å². The van der Waals surface area contributed by atoms with E-state index in [-0.39, 0.29) is 5.91 Å². The van der Waals surface area contributed by atoms with Gasteiger partial charge in [-0.25, -0.2) is 5.06 Å². The number of hydrogen-bond acceptors (Lipinski definition) is 3. The maximum Gasteiger partial charge on any atom is 0.256 e. The molecule has 0 aromatic heterocycles. The predicted molar refractivity (Wildman–Crippen MR) is 69.1 cm³/mol. The first kappa shape index (κ1) is 12.7. The van der Waals surface area contributed by atoms with Gasteiger partial charge < -0.3 is 0 Å². The quantitative estimate of drug-likeness (QED) is 0.792. The van der Waals surface area contributed by atoms with Crippen LogP contribution >= 0.6 is 23.4 Å². The minimum absolute atomic E-state index is 0.0321. The normalized spacial score (nSPS) is 15.9. The molecule has 1 heterocycles. The molecule has 0 spiro atoms. The third-order valence-electron chi connectivity index (χ3n) is 2.46. The SMILES string of the molecule is O=C(CSc1ccc(Cl)cc1)N1CCCCO1. The maximum absolute atomic E-state index is 11.8. The van der Waals surface area contributed by atoms with Gasteiger partial charge in [0.2, 0.25) is 0 Å². The molecule has 1 fully saturated rings. The number of amides is 1. The van der Waals surface area contributed by atoms with Crippen LogP contribution in [0, 0.1) is 0 Å². The molecular formula is C12H14ClNO2S. The van der Waals surface area contributed by atoms with Crippen LogP contribution in [0.15, 0.2) is 29.2 Å². The molecule has 0 unspecified atom stereocenters. The first-order valence-corrected chi connectivity index (χ1v) is 6.94. The summed E-state index contributed by atoms with van der Waals surface area (Å²) in [7, 11) is 0. The molecule has 17 heavy (non-hydrogen) atoms. The number of carbonyl (C=O) groups excluding carboxylic acids is 1. The predicted octanol–water partition coefficient (Wildman–Crippen LogP) is 2.99.